The van der Waals surface area contributed by atoms with E-state index in [0.717, 1.165) is 31.5 Å². The number of rotatable bonds is 6. The molecule has 0 radical (unpaired) electrons. The van der Waals surface area contributed by atoms with Gasteiger partial charge in [0.05, 0.1) is 7.11 Å². The molecule has 1 aliphatic heterocycles. The fourth-order valence-corrected chi connectivity index (χ4v) is 3.15. The molecule has 6 nitrogen and oxygen atoms in total. The third kappa shape index (κ3) is 5.71. The van der Waals surface area contributed by atoms with E-state index >= 15 is 0 Å². The lowest BCUT2D eigenvalue weighted by Crippen LogP contribution is -2.47. The summed E-state index contributed by atoms with van der Waals surface area (Å²) in [5, 5.41) is 9.23. The van der Waals surface area contributed by atoms with E-state index in [2.05, 4.69) is 16.0 Å². The van der Waals surface area contributed by atoms with Crippen molar-refractivity contribution in [1.82, 2.24) is 16.0 Å². The number of ether oxygens (including phenoxy) is 1. The highest BCUT2D eigenvalue weighted by Gasteiger charge is 2.26. The third-order valence-corrected chi connectivity index (χ3v) is 4.71. The standard InChI is InChI=1S/C21H25N3O3.ClH/c1-27-18-9-7-16(8-10-18)20(25)24-19(15-5-3-2-4-6-15)21(26)23-17-11-13-22-14-12-17;/h2-10,17,19,22H,11-14H2,1H3,(H,23,26)(H,24,25);1H. The van der Waals surface area contributed by atoms with E-state index < -0.39 is 6.04 Å². The van der Waals surface area contributed by atoms with Gasteiger partial charge >= 0.3 is 0 Å². The number of benzene rings is 2. The van der Waals surface area contributed by atoms with Gasteiger partial charge in [0, 0.05) is 11.6 Å². The predicted octanol–water partition coefficient (Wildman–Crippen LogP) is 2.46. The van der Waals surface area contributed by atoms with E-state index in [9.17, 15) is 9.59 Å². The molecule has 3 N–H and O–H groups in total. The monoisotopic (exact) mass is 403 g/mol. The summed E-state index contributed by atoms with van der Waals surface area (Å²) in [6, 6.07) is 15.5. The molecule has 1 saturated heterocycles. The zero-order valence-corrected chi connectivity index (χ0v) is 16.6. The summed E-state index contributed by atoms with van der Waals surface area (Å²) < 4.78 is 5.12. The Morgan fingerprint density at radius 3 is 2.29 bits per heavy atom. The van der Waals surface area contributed by atoms with E-state index in [-0.39, 0.29) is 30.3 Å². The Morgan fingerprint density at radius 2 is 1.68 bits per heavy atom. The maximum absolute atomic E-state index is 12.9. The number of methoxy groups -OCH3 is 1. The van der Waals surface area contributed by atoms with Crippen LogP contribution in [0.25, 0.3) is 0 Å². The second-order valence-electron chi connectivity index (χ2n) is 6.58. The number of carbonyl (C=O) groups is 2. The number of nitrogens with one attached hydrogen (secondary N) is 3. The average molecular weight is 404 g/mol. The van der Waals surface area contributed by atoms with Crippen LogP contribution in [0.5, 0.6) is 5.75 Å². The van der Waals surface area contributed by atoms with Crippen LogP contribution in [-0.2, 0) is 4.79 Å². The lowest BCUT2D eigenvalue weighted by molar-refractivity contribution is -0.124. The molecule has 0 aromatic heterocycles. The fraction of sp³-hybridized carbons (Fsp3) is 0.333. The maximum Gasteiger partial charge on any atom is 0.252 e. The number of hydrogen-bond acceptors (Lipinski definition) is 4. The first-order chi connectivity index (χ1) is 13.2. The summed E-state index contributed by atoms with van der Waals surface area (Å²) in [5.41, 5.74) is 1.23. The number of halogens is 1. The summed E-state index contributed by atoms with van der Waals surface area (Å²) in [7, 11) is 1.58. The molecule has 0 spiro atoms. The molecule has 7 heteroatoms. The molecular formula is C21H26ClN3O3. The van der Waals surface area contributed by atoms with Crippen molar-refractivity contribution in [3.63, 3.8) is 0 Å². The molecule has 0 aliphatic carbocycles. The quantitative estimate of drug-likeness (QED) is 0.692. The van der Waals surface area contributed by atoms with Crippen molar-refractivity contribution >= 4 is 24.2 Å². The van der Waals surface area contributed by atoms with Gasteiger partial charge in [0.2, 0.25) is 5.91 Å². The molecule has 2 aromatic carbocycles. The highest BCUT2D eigenvalue weighted by molar-refractivity contribution is 5.98. The first-order valence-electron chi connectivity index (χ1n) is 9.18. The van der Waals surface area contributed by atoms with Gasteiger partial charge < -0.3 is 20.7 Å². The number of piperidine rings is 1. The molecule has 1 atom stereocenters. The van der Waals surface area contributed by atoms with Gasteiger partial charge in [0.25, 0.3) is 5.91 Å². The van der Waals surface area contributed by atoms with Crippen LogP contribution in [0.1, 0.15) is 34.8 Å². The highest BCUT2D eigenvalue weighted by Crippen LogP contribution is 2.17. The lowest BCUT2D eigenvalue weighted by Gasteiger charge is -2.26. The minimum Gasteiger partial charge on any atom is -0.497 e. The maximum atomic E-state index is 12.9. The molecule has 0 bridgehead atoms. The van der Waals surface area contributed by atoms with Crippen molar-refractivity contribution < 1.29 is 14.3 Å². The second-order valence-corrected chi connectivity index (χ2v) is 6.58. The van der Waals surface area contributed by atoms with Gasteiger partial charge in [-0.25, -0.2) is 0 Å². The lowest BCUT2D eigenvalue weighted by atomic mass is 10.0. The summed E-state index contributed by atoms with van der Waals surface area (Å²) in [4.78, 5) is 25.6. The van der Waals surface area contributed by atoms with Gasteiger partial charge in [-0.1, -0.05) is 30.3 Å². The van der Waals surface area contributed by atoms with Crippen LogP contribution in [0.2, 0.25) is 0 Å². The van der Waals surface area contributed by atoms with Crippen molar-refractivity contribution in [3.05, 3.63) is 65.7 Å². The molecule has 2 aromatic rings. The third-order valence-electron chi connectivity index (χ3n) is 4.71. The Kier molecular flexibility index (Phi) is 8.29. The first kappa shape index (κ1) is 21.7. The molecule has 150 valence electrons. The fourth-order valence-electron chi connectivity index (χ4n) is 3.15. The zero-order chi connectivity index (χ0) is 19.1. The molecule has 28 heavy (non-hydrogen) atoms. The molecule has 1 heterocycles. The molecule has 2 amide bonds. The normalized spacial score (nSPS) is 15.0. The Morgan fingerprint density at radius 1 is 1.04 bits per heavy atom. The molecule has 1 unspecified atom stereocenters. The van der Waals surface area contributed by atoms with E-state index in [4.69, 9.17) is 4.74 Å². The largest absolute Gasteiger partial charge is 0.497 e. The van der Waals surface area contributed by atoms with Gasteiger partial charge in [0.15, 0.2) is 0 Å². The first-order valence-corrected chi connectivity index (χ1v) is 9.18. The van der Waals surface area contributed by atoms with Gasteiger partial charge in [-0.15, -0.1) is 12.4 Å². The summed E-state index contributed by atoms with van der Waals surface area (Å²) in [5.74, 6) is 0.191. The van der Waals surface area contributed by atoms with E-state index in [1.165, 1.54) is 0 Å². The number of carbonyl (C=O) groups excluding carboxylic acids is 2. The van der Waals surface area contributed by atoms with Crippen LogP contribution >= 0.6 is 12.4 Å². The number of hydrogen-bond donors (Lipinski definition) is 3. The summed E-state index contributed by atoms with van der Waals surface area (Å²) >= 11 is 0. The molecule has 1 aliphatic rings. The molecule has 3 rings (SSSR count). The SMILES string of the molecule is COc1ccc(C(=O)NC(C(=O)NC2CCNCC2)c2ccccc2)cc1.Cl. The Bertz CT molecular complexity index is 762. The van der Waals surface area contributed by atoms with E-state index in [1.54, 1.807) is 31.4 Å². The van der Waals surface area contributed by atoms with E-state index in [0.29, 0.717) is 11.3 Å². The Balaban J connectivity index is 0.00000280. The van der Waals surface area contributed by atoms with Crippen LogP contribution in [0.3, 0.4) is 0 Å². The van der Waals surface area contributed by atoms with Crippen molar-refractivity contribution in [2.24, 2.45) is 0 Å². The van der Waals surface area contributed by atoms with Gasteiger partial charge in [-0.05, 0) is 55.8 Å². The predicted molar refractivity (Wildman–Crippen MR) is 111 cm³/mol. The van der Waals surface area contributed by atoms with Crippen molar-refractivity contribution in [1.29, 1.82) is 0 Å². The van der Waals surface area contributed by atoms with Crippen LogP contribution < -0.4 is 20.7 Å². The zero-order valence-electron chi connectivity index (χ0n) is 15.8. The molecule has 1 fully saturated rings. The van der Waals surface area contributed by atoms with Gasteiger partial charge in [0.1, 0.15) is 11.8 Å². The average Bonchev–Trinajstić information content (AvgIpc) is 2.73. The van der Waals surface area contributed by atoms with Crippen molar-refractivity contribution in [2.75, 3.05) is 20.2 Å². The summed E-state index contributed by atoms with van der Waals surface area (Å²) in [6.45, 7) is 1.78. The Hall–Kier alpha value is -2.57. The van der Waals surface area contributed by atoms with Crippen LogP contribution in [0.15, 0.2) is 54.6 Å². The summed E-state index contributed by atoms with van der Waals surface area (Å²) in [6.07, 6.45) is 1.78. The molecule has 0 saturated carbocycles. The minimum absolute atomic E-state index is 0. The second kappa shape index (κ2) is 10.7. The van der Waals surface area contributed by atoms with E-state index in [1.807, 2.05) is 30.3 Å². The van der Waals surface area contributed by atoms with Crippen molar-refractivity contribution in [2.45, 2.75) is 24.9 Å². The van der Waals surface area contributed by atoms with Crippen molar-refractivity contribution in [3.8, 4) is 5.75 Å². The number of amides is 2. The highest BCUT2D eigenvalue weighted by atomic mass is 35.5. The molecular weight excluding hydrogens is 378 g/mol. The topological polar surface area (TPSA) is 79.5 Å². The van der Waals surface area contributed by atoms with Crippen LogP contribution in [0.4, 0.5) is 0 Å². The smallest absolute Gasteiger partial charge is 0.252 e. The van der Waals surface area contributed by atoms with Crippen LogP contribution in [-0.4, -0.2) is 38.1 Å². The minimum atomic E-state index is -0.740. The van der Waals surface area contributed by atoms with Gasteiger partial charge in [-0.3, -0.25) is 9.59 Å². The Labute approximate surface area is 171 Å². The van der Waals surface area contributed by atoms with Crippen LogP contribution in [0, 0.1) is 0 Å². The van der Waals surface area contributed by atoms with Gasteiger partial charge in [-0.2, -0.15) is 0 Å².